The standard InChI is InChI=1S/C19H17FN2O3S2/c20-14-6-8-15(9-7-14)22-16-11-27(24,25)12-17(16)26-19(22)21-18(23)10-13-4-2-1-3-5-13/h1-9,16-17H,10-12H2/t16-,17+/m1/s1. The normalized spacial score (nSPS) is 24.9. The summed E-state index contributed by atoms with van der Waals surface area (Å²) in [5, 5.41) is 0.302. The molecule has 2 aliphatic heterocycles. The molecule has 5 nitrogen and oxygen atoms in total. The minimum Gasteiger partial charge on any atom is -0.316 e. The molecule has 2 fully saturated rings. The van der Waals surface area contributed by atoms with Crippen LogP contribution in [-0.4, -0.2) is 42.3 Å². The molecule has 27 heavy (non-hydrogen) atoms. The van der Waals surface area contributed by atoms with Gasteiger partial charge in [0.05, 0.1) is 24.0 Å². The van der Waals surface area contributed by atoms with Crippen LogP contribution in [0.3, 0.4) is 0 Å². The number of halogens is 1. The maximum Gasteiger partial charge on any atom is 0.252 e. The average Bonchev–Trinajstić information content (AvgIpc) is 3.07. The fourth-order valence-electron chi connectivity index (χ4n) is 3.38. The van der Waals surface area contributed by atoms with Crippen molar-refractivity contribution in [1.29, 1.82) is 0 Å². The number of rotatable bonds is 3. The van der Waals surface area contributed by atoms with Crippen molar-refractivity contribution >= 4 is 38.4 Å². The number of carbonyl (C=O) groups excluding carboxylic acids is 1. The highest BCUT2D eigenvalue weighted by molar-refractivity contribution is 8.16. The van der Waals surface area contributed by atoms with E-state index in [1.165, 1.54) is 23.9 Å². The molecule has 1 amide bonds. The molecule has 0 aliphatic carbocycles. The van der Waals surface area contributed by atoms with Gasteiger partial charge in [0, 0.05) is 10.9 Å². The van der Waals surface area contributed by atoms with Gasteiger partial charge in [-0.2, -0.15) is 4.99 Å². The van der Waals surface area contributed by atoms with Crippen molar-refractivity contribution < 1.29 is 17.6 Å². The predicted molar refractivity (Wildman–Crippen MR) is 105 cm³/mol. The summed E-state index contributed by atoms with van der Waals surface area (Å²) in [6, 6.07) is 14.8. The van der Waals surface area contributed by atoms with Gasteiger partial charge in [-0.1, -0.05) is 42.1 Å². The molecule has 0 spiro atoms. The lowest BCUT2D eigenvalue weighted by Gasteiger charge is -2.24. The van der Waals surface area contributed by atoms with Crippen LogP contribution >= 0.6 is 11.8 Å². The number of sulfone groups is 1. The van der Waals surface area contributed by atoms with Crippen LogP contribution in [-0.2, 0) is 21.1 Å². The van der Waals surface area contributed by atoms with Crippen molar-refractivity contribution in [3.8, 4) is 0 Å². The summed E-state index contributed by atoms with van der Waals surface area (Å²) in [4.78, 5) is 18.5. The molecule has 0 radical (unpaired) electrons. The Morgan fingerprint density at radius 2 is 1.81 bits per heavy atom. The molecule has 0 unspecified atom stereocenters. The van der Waals surface area contributed by atoms with Gasteiger partial charge in [-0.15, -0.1) is 0 Å². The summed E-state index contributed by atoms with van der Waals surface area (Å²) in [6.45, 7) is 0. The van der Waals surface area contributed by atoms with Gasteiger partial charge in [0.25, 0.3) is 5.91 Å². The topological polar surface area (TPSA) is 66.8 Å². The molecule has 2 aliphatic rings. The van der Waals surface area contributed by atoms with Gasteiger partial charge in [-0.25, -0.2) is 12.8 Å². The van der Waals surface area contributed by atoms with E-state index in [9.17, 15) is 17.6 Å². The number of aliphatic imine (C=N–C) groups is 1. The van der Waals surface area contributed by atoms with Gasteiger partial charge < -0.3 is 4.90 Å². The lowest BCUT2D eigenvalue weighted by molar-refractivity contribution is -0.117. The predicted octanol–water partition coefficient (Wildman–Crippen LogP) is 2.67. The number of benzene rings is 2. The maximum absolute atomic E-state index is 13.3. The minimum atomic E-state index is -3.13. The average molecular weight is 404 g/mol. The highest BCUT2D eigenvalue weighted by atomic mass is 32.2. The fraction of sp³-hybridized carbons (Fsp3) is 0.263. The first-order valence-electron chi connectivity index (χ1n) is 8.49. The van der Waals surface area contributed by atoms with E-state index < -0.39 is 9.84 Å². The van der Waals surface area contributed by atoms with E-state index in [0.29, 0.717) is 10.9 Å². The maximum atomic E-state index is 13.3. The Morgan fingerprint density at radius 1 is 1.11 bits per heavy atom. The third-order valence-corrected chi connectivity index (χ3v) is 7.80. The molecule has 0 saturated carbocycles. The molecule has 4 rings (SSSR count). The van der Waals surface area contributed by atoms with Crippen LogP contribution in [0.1, 0.15) is 5.56 Å². The number of thioether (sulfide) groups is 1. The van der Waals surface area contributed by atoms with E-state index in [0.717, 1.165) is 5.56 Å². The van der Waals surface area contributed by atoms with Gasteiger partial charge in [-0.05, 0) is 29.8 Å². The Labute approximate surface area is 161 Å². The highest BCUT2D eigenvalue weighted by Crippen LogP contribution is 2.41. The first kappa shape index (κ1) is 18.2. The van der Waals surface area contributed by atoms with Crippen LogP contribution in [0.25, 0.3) is 0 Å². The molecule has 0 aromatic heterocycles. The second-order valence-corrected chi connectivity index (χ2v) is 9.96. The summed E-state index contributed by atoms with van der Waals surface area (Å²) in [5.41, 5.74) is 1.51. The largest absolute Gasteiger partial charge is 0.316 e. The van der Waals surface area contributed by atoms with E-state index in [-0.39, 0.29) is 40.9 Å². The lowest BCUT2D eigenvalue weighted by atomic mass is 10.1. The van der Waals surface area contributed by atoms with Crippen LogP contribution in [0.5, 0.6) is 0 Å². The van der Waals surface area contributed by atoms with Crippen LogP contribution in [0.4, 0.5) is 10.1 Å². The van der Waals surface area contributed by atoms with Gasteiger partial charge in [0.15, 0.2) is 15.0 Å². The Kier molecular flexibility index (Phi) is 4.77. The monoisotopic (exact) mass is 404 g/mol. The second-order valence-electron chi connectivity index (χ2n) is 6.60. The molecule has 140 valence electrons. The number of hydrogen-bond acceptors (Lipinski definition) is 4. The molecule has 2 aromatic carbocycles. The number of fused-ring (bicyclic) bond motifs is 1. The van der Waals surface area contributed by atoms with E-state index >= 15 is 0 Å². The van der Waals surface area contributed by atoms with Crippen molar-refractivity contribution in [2.24, 2.45) is 4.99 Å². The van der Waals surface area contributed by atoms with Crippen molar-refractivity contribution in [1.82, 2.24) is 0 Å². The van der Waals surface area contributed by atoms with Gasteiger partial charge in [0.2, 0.25) is 0 Å². The molecule has 0 bridgehead atoms. The highest BCUT2D eigenvalue weighted by Gasteiger charge is 2.49. The smallest absolute Gasteiger partial charge is 0.252 e. The molecule has 2 saturated heterocycles. The summed E-state index contributed by atoms with van der Waals surface area (Å²) >= 11 is 1.31. The Hall–Kier alpha value is -2.19. The number of anilines is 1. The SMILES string of the molecule is O=C(Cc1ccccc1)N=C1S[C@H]2CS(=O)(=O)C[C@H]2N1c1ccc(F)cc1. The van der Waals surface area contributed by atoms with E-state index in [1.54, 1.807) is 17.0 Å². The molecule has 2 atom stereocenters. The zero-order valence-corrected chi connectivity index (χ0v) is 15.9. The van der Waals surface area contributed by atoms with Gasteiger partial charge in [0.1, 0.15) is 5.82 Å². The van der Waals surface area contributed by atoms with E-state index in [1.807, 2.05) is 30.3 Å². The summed E-state index contributed by atoms with van der Waals surface area (Å²) < 4.78 is 37.4. The van der Waals surface area contributed by atoms with E-state index in [4.69, 9.17) is 0 Å². The molecule has 8 heteroatoms. The van der Waals surface area contributed by atoms with Crippen molar-refractivity contribution in [2.45, 2.75) is 17.7 Å². The van der Waals surface area contributed by atoms with Crippen LogP contribution in [0.15, 0.2) is 59.6 Å². The van der Waals surface area contributed by atoms with Crippen LogP contribution in [0.2, 0.25) is 0 Å². The van der Waals surface area contributed by atoms with Crippen molar-refractivity contribution in [2.75, 3.05) is 16.4 Å². The van der Waals surface area contributed by atoms with Crippen LogP contribution < -0.4 is 4.90 Å². The van der Waals surface area contributed by atoms with Gasteiger partial charge >= 0.3 is 0 Å². The minimum absolute atomic E-state index is 0.00788. The number of nitrogens with zero attached hydrogens (tertiary/aromatic N) is 2. The summed E-state index contributed by atoms with van der Waals surface area (Å²) in [7, 11) is -3.13. The molecule has 2 heterocycles. The Bertz CT molecular complexity index is 991. The fourth-order valence-corrected chi connectivity index (χ4v) is 7.32. The quantitative estimate of drug-likeness (QED) is 0.787. The van der Waals surface area contributed by atoms with Crippen molar-refractivity contribution in [3.05, 3.63) is 66.0 Å². The third kappa shape index (κ3) is 3.91. The second kappa shape index (κ2) is 7.09. The van der Waals surface area contributed by atoms with E-state index in [2.05, 4.69) is 4.99 Å². The summed E-state index contributed by atoms with van der Waals surface area (Å²) in [5.74, 6) is -0.599. The zero-order chi connectivity index (χ0) is 19.0. The Morgan fingerprint density at radius 3 is 2.52 bits per heavy atom. The number of amides is 1. The summed E-state index contributed by atoms with van der Waals surface area (Å²) in [6.07, 6.45) is 0.176. The third-order valence-electron chi connectivity index (χ3n) is 4.59. The molecular weight excluding hydrogens is 387 g/mol. The number of hydrogen-bond donors (Lipinski definition) is 0. The first-order chi connectivity index (χ1) is 12.9. The number of carbonyl (C=O) groups is 1. The molecule has 0 N–H and O–H groups in total. The molecular formula is C19H17FN2O3S2. The first-order valence-corrected chi connectivity index (χ1v) is 11.2. The molecule has 2 aromatic rings. The van der Waals surface area contributed by atoms with Gasteiger partial charge in [-0.3, -0.25) is 4.79 Å². The van der Waals surface area contributed by atoms with Crippen molar-refractivity contribution in [3.63, 3.8) is 0 Å². The van der Waals surface area contributed by atoms with Crippen LogP contribution in [0, 0.1) is 5.82 Å². The lowest BCUT2D eigenvalue weighted by Crippen LogP contribution is -2.37. The zero-order valence-electron chi connectivity index (χ0n) is 14.3. The number of amidine groups is 1. The Balaban J connectivity index is 1.64.